The number of aromatic nitrogens is 3. The molecule has 3 aromatic rings. The van der Waals surface area contributed by atoms with Crippen LogP contribution in [0.25, 0.3) is 0 Å². The van der Waals surface area contributed by atoms with Crippen molar-refractivity contribution in [3.05, 3.63) is 70.2 Å². The number of sulfone groups is 1. The molecule has 12 nitrogen and oxygen atoms in total. The van der Waals surface area contributed by atoms with Crippen LogP contribution in [0.15, 0.2) is 59.0 Å². The maximum absolute atomic E-state index is 11.6. The third kappa shape index (κ3) is 6.17. The fraction of sp³-hybridized carbons (Fsp3) is 0.333. The van der Waals surface area contributed by atoms with Gasteiger partial charge in [0.05, 0.1) is 21.1 Å². The van der Waals surface area contributed by atoms with E-state index in [9.17, 15) is 18.5 Å². The Morgan fingerprint density at radius 3 is 2.43 bits per heavy atom. The third-order valence-corrected chi connectivity index (χ3v) is 7.07. The number of anilines is 1. The first kappa shape index (κ1) is 25.9. The van der Waals surface area contributed by atoms with Crippen LogP contribution in [-0.2, 0) is 9.84 Å². The van der Waals surface area contributed by atoms with Crippen LogP contribution in [0, 0.1) is 17.0 Å². The molecular weight excluding hydrogens is 500 g/mol. The summed E-state index contributed by atoms with van der Waals surface area (Å²) in [5, 5.41) is 15.4. The number of pyridine rings is 1. The zero-order chi connectivity index (χ0) is 26.6. The van der Waals surface area contributed by atoms with E-state index in [1.165, 1.54) is 24.5 Å². The Kier molecular flexibility index (Phi) is 7.62. The van der Waals surface area contributed by atoms with Crippen LogP contribution in [0.4, 0.5) is 11.5 Å². The van der Waals surface area contributed by atoms with Crippen molar-refractivity contribution in [3.8, 4) is 11.8 Å². The average Bonchev–Trinajstić information content (AvgIpc) is 2.89. The van der Waals surface area contributed by atoms with Crippen LogP contribution >= 0.6 is 0 Å². The van der Waals surface area contributed by atoms with E-state index in [1.807, 2.05) is 4.90 Å². The Balaban J connectivity index is 1.39. The Morgan fingerprint density at radius 2 is 1.78 bits per heavy atom. The van der Waals surface area contributed by atoms with Crippen molar-refractivity contribution >= 4 is 27.1 Å². The second kappa shape index (κ2) is 10.9. The molecule has 4 rings (SSSR count). The van der Waals surface area contributed by atoms with Crippen molar-refractivity contribution in [2.45, 2.75) is 37.7 Å². The molecule has 0 radical (unpaired) electrons. The highest BCUT2D eigenvalue weighted by Gasteiger charge is 2.27. The molecule has 0 aliphatic carbocycles. The highest BCUT2D eigenvalue weighted by molar-refractivity contribution is 7.90. The number of benzene rings is 1. The van der Waals surface area contributed by atoms with E-state index in [2.05, 4.69) is 20.1 Å². The molecule has 1 fully saturated rings. The lowest BCUT2D eigenvalue weighted by atomic mass is 10.1. The average molecular weight is 527 g/mol. The van der Waals surface area contributed by atoms with Crippen molar-refractivity contribution in [1.82, 2.24) is 15.0 Å². The van der Waals surface area contributed by atoms with Crippen molar-refractivity contribution in [2.75, 3.05) is 24.2 Å². The first-order chi connectivity index (χ1) is 17.6. The second-order valence-electron chi connectivity index (χ2n) is 8.58. The second-order valence-corrected chi connectivity index (χ2v) is 10.6. The van der Waals surface area contributed by atoms with E-state index in [1.54, 1.807) is 38.2 Å². The predicted molar refractivity (Wildman–Crippen MR) is 136 cm³/mol. The van der Waals surface area contributed by atoms with Gasteiger partial charge in [-0.25, -0.2) is 18.4 Å². The van der Waals surface area contributed by atoms with E-state index < -0.39 is 14.8 Å². The van der Waals surface area contributed by atoms with Crippen LogP contribution in [0.3, 0.4) is 0 Å². The molecule has 0 amide bonds. The summed E-state index contributed by atoms with van der Waals surface area (Å²) in [4.78, 5) is 31.1. The van der Waals surface area contributed by atoms with E-state index in [0.717, 1.165) is 6.26 Å². The molecule has 0 unspecified atom stereocenters. The van der Waals surface area contributed by atoms with Gasteiger partial charge in [-0.1, -0.05) is 17.3 Å². The molecule has 0 atom stereocenters. The van der Waals surface area contributed by atoms with Gasteiger partial charge in [0, 0.05) is 44.5 Å². The molecule has 1 aliphatic rings. The summed E-state index contributed by atoms with van der Waals surface area (Å²) in [6, 6.07) is 9.35. The number of piperidine rings is 1. The minimum atomic E-state index is -3.28. The molecule has 1 aliphatic heterocycles. The van der Waals surface area contributed by atoms with Crippen LogP contribution in [0.2, 0.25) is 0 Å². The van der Waals surface area contributed by atoms with Gasteiger partial charge in [-0.2, -0.15) is 4.98 Å². The molecule has 3 heterocycles. The third-order valence-electron chi connectivity index (χ3n) is 5.94. The topological polar surface area (TPSA) is 150 Å². The minimum absolute atomic E-state index is 0.0162. The van der Waals surface area contributed by atoms with Crippen LogP contribution in [-0.4, -0.2) is 59.5 Å². The molecule has 0 saturated carbocycles. The number of hydrogen-bond donors (Lipinski definition) is 0. The van der Waals surface area contributed by atoms with Gasteiger partial charge in [0.2, 0.25) is 11.7 Å². The fourth-order valence-electron chi connectivity index (χ4n) is 3.86. The summed E-state index contributed by atoms with van der Waals surface area (Å²) in [5.74, 6) is 0.968. The molecule has 0 bridgehead atoms. The van der Waals surface area contributed by atoms with E-state index in [4.69, 9.17) is 9.57 Å². The van der Waals surface area contributed by atoms with Crippen LogP contribution in [0.5, 0.6) is 11.8 Å². The normalized spacial score (nSPS) is 14.9. The summed E-state index contributed by atoms with van der Waals surface area (Å²) in [6.07, 6.45) is 5.15. The molecule has 37 heavy (non-hydrogen) atoms. The van der Waals surface area contributed by atoms with Crippen molar-refractivity contribution in [1.29, 1.82) is 0 Å². The van der Waals surface area contributed by atoms with Gasteiger partial charge >= 0.3 is 5.69 Å². The molecular formula is C24H26N6O6S. The number of hydrogen-bond acceptors (Lipinski definition) is 11. The van der Waals surface area contributed by atoms with Crippen molar-refractivity contribution < 1.29 is 22.9 Å². The summed E-state index contributed by atoms with van der Waals surface area (Å²) in [7, 11) is -3.28. The Morgan fingerprint density at radius 1 is 1.11 bits per heavy atom. The zero-order valence-corrected chi connectivity index (χ0v) is 21.4. The first-order valence-electron chi connectivity index (χ1n) is 11.5. The number of oxime groups is 1. The minimum Gasteiger partial charge on any atom is -0.474 e. The Hall–Kier alpha value is -4.13. The van der Waals surface area contributed by atoms with E-state index in [-0.39, 0.29) is 22.6 Å². The maximum Gasteiger partial charge on any atom is 0.311 e. The molecule has 13 heteroatoms. The summed E-state index contributed by atoms with van der Waals surface area (Å²) in [6.45, 7) is 4.61. The first-order valence-corrected chi connectivity index (χ1v) is 13.4. The Labute approximate surface area is 214 Å². The quantitative estimate of drug-likeness (QED) is 0.243. The standard InChI is InChI=1S/C24H26N6O6S/c1-16-23(35-19-10-13-29(14-11-19)22-21(30(31)32)5-4-12-25-22)26-15-27-24(16)36-28-17(2)18-6-8-20(9-7-18)37(3,33)34/h4-9,12,15,19H,10-11,13-14H2,1-3H3/b28-17-. The van der Waals surface area contributed by atoms with Crippen LogP contribution < -0.4 is 14.5 Å². The highest BCUT2D eigenvalue weighted by Crippen LogP contribution is 2.30. The maximum atomic E-state index is 11.6. The van der Waals surface area contributed by atoms with E-state index >= 15 is 0 Å². The van der Waals surface area contributed by atoms with Gasteiger partial charge in [-0.3, -0.25) is 10.1 Å². The number of nitro groups is 1. The van der Waals surface area contributed by atoms with Gasteiger partial charge in [0.25, 0.3) is 5.88 Å². The zero-order valence-electron chi connectivity index (χ0n) is 20.6. The number of ether oxygens (including phenoxy) is 1. The highest BCUT2D eigenvalue weighted by atomic mass is 32.2. The Bertz CT molecular complexity index is 1420. The SMILES string of the molecule is C/C(=N/Oc1ncnc(OC2CCN(c3ncccc3[N+](=O)[O-])CC2)c1C)c1ccc(S(C)(=O)=O)cc1. The lowest BCUT2D eigenvalue weighted by Crippen LogP contribution is -2.39. The lowest BCUT2D eigenvalue weighted by molar-refractivity contribution is -0.384. The molecule has 1 saturated heterocycles. The van der Waals surface area contributed by atoms with Gasteiger partial charge < -0.3 is 14.5 Å². The van der Waals surface area contributed by atoms with Gasteiger partial charge in [0.1, 0.15) is 12.4 Å². The molecule has 0 spiro atoms. The number of rotatable bonds is 8. The summed E-state index contributed by atoms with van der Waals surface area (Å²) in [5.41, 5.74) is 1.80. The molecule has 1 aromatic carbocycles. The van der Waals surface area contributed by atoms with Gasteiger partial charge in [-0.05, 0) is 37.6 Å². The molecule has 2 aromatic heterocycles. The lowest BCUT2D eigenvalue weighted by Gasteiger charge is -2.32. The van der Waals surface area contributed by atoms with Crippen molar-refractivity contribution in [3.63, 3.8) is 0 Å². The van der Waals surface area contributed by atoms with Gasteiger partial charge in [0.15, 0.2) is 9.84 Å². The summed E-state index contributed by atoms with van der Waals surface area (Å²) >= 11 is 0. The van der Waals surface area contributed by atoms with Gasteiger partial charge in [-0.15, -0.1) is 0 Å². The van der Waals surface area contributed by atoms with E-state index in [0.29, 0.717) is 54.5 Å². The smallest absolute Gasteiger partial charge is 0.311 e. The predicted octanol–water partition coefficient (Wildman–Crippen LogP) is 3.34. The number of nitrogens with zero attached hydrogens (tertiary/aromatic N) is 6. The largest absolute Gasteiger partial charge is 0.474 e. The molecule has 0 N–H and O–H groups in total. The fourth-order valence-corrected chi connectivity index (χ4v) is 4.49. The summed E-state index contributed by atoms with van der Waals surface area (Å²) < 4.78 is 29.4. The van der Waals surface area contributed by atoms with Crippen molar-refractivity contribution in [2.24, 2.45) is 5.16 Å². The monoisotopic (exact) mass is 526 g/mol. The molecule has 194 valence electrons. The van der Waals surface area contributed by atoms with Crippen LogP contribution in [0.1, 0.15) is 30.9 Å².